The van der Waals surface area contributed by atoms with Gasteiger partial charge in [0.05, 0.1) is 5.25 Å². The second-order valence-electron chi connectivity index (χ2n) is 4.96. The second-order valence-corrected chi connectivity index (χ2v) is 6.20. The fraction of sp³-hybridized carbons (Fsp3) is 0.500. The zero-order valence-corrected chi connectivity index (χ0v) is 12.4. The lowest BCUT2D eigenvalue weighted by Gasteiger charge is -2.14. The van der Waals surface area contributed by atoms with Crippen molar-refractivity contribution in [3.8, 4) is 0 Å². The number of rotatable bonds is 3. The van der Waals surface area contributed by atoms with E-state index in [2.05, 4.69) is 22.8 Å². The topological polar surface area (TPSA) is 41.1 Å². The SMILES string of the molecule is Cl.O=C(NCC1CCCN1)C1Cc2ccccc2S1. The number of hydrogen-bond acceptors (Lipinski definition) is 3. The van der Waals surface area contributed by atoms with Crippen LogP contribution < -0.4 is 10.6 Å². The van der Waals surface area contributed by atoms with Gasteiger partial charge in [0, 0.05) is 17.5 Å². The molecule has 0 saturated carbocycles. The van der Waals surface area contributed by atoms with Crippen LogP contribution in [0.25, 0.3) is 0 Å². The van der Waals surface area contributed by atoms with Crippen LogP contribution in [-0.4, -0.2) is 30.3 Å². The number of thioether (sulfide) groups is 1. The number of nitrogens with one attached hydrogen (secondary N) is 2. The molecule has 1 aromatic carbocycles. The molecule has 1 fully saturated rings. The average Bonchev–Trinajstić information content (AvgIpc) is 3.04. The number of amides is 1. The number of fused-ring (bicyclic) bond motifs is 1. The number of carbonyl (C=O) groups excluding carboxylic acids is 1. The lowest BCUT2D eigenvalue weighted by molar-refractivity contribution is -0.120. The van der Waals surface area contributed by atoms with Crippen LogP contribution in [0.5, 0.6) is 0 Å². The van der Waals surface area contributed by atoms with Crippen molar-refractivity contribution in [3.63, 3.8) is 0 Å². The molecule has 5 heteroatoms. The van der Waals surface area contributed by atoms with E-state index < -0.39 is 0 Å². The van der Waals surface area contributed by atoms with Gasteiger partial charge in [-0.1, -0.05) is 18.2 Å². The predicted molar refractivity (Wildman–Crippen MR) is 81.1 cm³/mol. The highest BCUT2D eigenvalue weighted by atomic mass is 35.5. The van der Waals surface area contributed by atoms with Crippen molar-refractivity contribution in [2.75, 3.05) is 13.1 Å². The Kier molecular flexibility index (Phi) is 5.13. The number of halogens is 1. The zero-order chi connectivity index (χ0) is 12.4. The first-order chi connectivity index (χ1) is 8.83. The molecule has 19 heavy (non-hydrogen) atoms. The van der Waals surface area contributed by atoms with Crippen molar-refractivity contribution in [3.05, 3.63) is 29.8 Å². The molecule has 104 valence electrons. The summed E-state index contributed by atoms with van der Waals surface area (Å²) >= 11 is 1.69. The molecule has 1 amide bonds. The quantitative estimate of drug-likeness (QED) is 0.897. The number of hydrogen-bond donors (Lipinski definition) is 2. The van der Waals surface area contributed by atoms with Gasteiger partial charge in [-0.3, -0.25) is 4.79 Å². The normalized spacial score (nSPS) is 24.6. The third kappa shape index (κ3) is 3.44. The van der Waals surface area contributed by atoms with Crippen molar-refractivity contribution in [1.29, 1.82) is 0 Å². The molecule has 2 aliphatic rings. The third-order valence-electron chi connectivity index (χ3n) is 3.62. The maximum absolute atomic E-state index is 12.1. The molecule has 0 bridgehead atoms. The summed E-state index contributed by atoms with van der Waals surface area (Å²) < 4.78 is 0. The Morgan fingerprint density at radius 3 is 3.00 bits per heavy atom. The molecule has 3 nitrogen and oxygen atoms in total. The largest absolute Gasteiger partial charge is 0.354 e. The Hall–Kier alpha value is -0.710. The van der Waals surface area contributed by atoms with Crippen molar-refractivity contribution < 1.29 is 4.79 Å². The van der Waals surface area contributed by atoms with Gasteiger partial charge in [-0.15, -0.1) is 24.2 Å². The predicted octanol–water partition coefficient (Wildman–Crippen LogP) is 1.99. The van der Waals surface area contributed by atoms with Crippen molar-refractivity contribution in [2.24, 2.45) is 0 Å². The minimum absolute atomic E-state index is 0. The fourth-order valence-corrected chi connectivity index (χ4v) is 3.82. The lowest BCUT2D eigenvalue weighted by Crippen LogP contribution is -2.40. The highest BCUT2D eigenvalue weighted by Gasteiger charge is 2.28. The van der Waals surface area contributed by atoms with Crippen LogP contribution in [0.2, 0.25) is 0 Å². The van der Waals surface area contributed by atoms with Crippen LogP contribution in [0.15, 0.2) is 29.2 Å². The van der Waals surface area contributed by atoms with Crippen LogP contribution in [0.3, 0.4) is 0 Å². The van der Waals surface area contributed by atoms with Crippen LogP contribution in [0.4, 0.5) is 0 Å². The number of carbonyl (C=O) groups is 1. The molecule has 2 unspecified atom stereocenters. The molecule has 0 aliphatic carbocycles. The van der Waals surface area contributed by atoms with E-state index in [-0.39, 0.29) is 23.6 Å². The second kappa shape index (κ2) is 6.64. The summed E-state index contributed by atoms with van der Waals surface area (Å²) in [5.41, 5.74) is 1.31. The van der Waals surface area contributed by atoms with Gasteiger partial charge in [0.25, 0.3) is 0 Å². The Morgan fingerprint density at radius 1 is 1.42 bits per heavy atom. The van der Waals surface area contributed by atoms with Crippen molar-refractivity contribution in [1.82, 2.24) is 10.6 Å². The summed E-state index contributed by atoms with van der Waals surface area (Å²) in [7, 11) is 0. The molecule has 0 spiro atoms. The standard InChI is InChI=1S/C14H18N2OS.ClH/c17-14(16-9-11-5-3-7-15-11)13-8-10-4-1-2-6-12(10)18-13;/h1-2,4,6,11,13,15H,3,5,7-9H2,(H,16,17);1H. The zero-order valence-electron chi connectivity index (χ0n) is 10.7. The summed E-state index contributed by atoms with van der Waals surface area (Å²) in [5.74, 6) is 0.185. The molecule has 1 saturated heterocycles. The van der Waals surface area contributed by atoms with Crippen molar-refractivity contribution >= 4 is 30.1 Å². The van der Waals surface area contributed by atoms with E-state index in [1.54, 1.807) is 11.8 Å². The van der Waals surface area contributed by atoms with Gasteiger partial charge in [0.2, 0.25) is 5.91 Å². The molecule has 2 heterocycles. The van der Waals surface area contributed by atoms with Crippen LogP contribution in [0, 0.1) is 0 Å². The summed E-state index contributed by atoms with van der Waals surface area (Å²) in [6.45, 7) is 1.86. The first kappa shape index (κ1) is 14.7. The Labute approximate surface area is 124 Å². The van der Waals surface area contributed by atoms with Crippen molar-refractivity contribution in [2.45, 2.75) is 35.4 Å². The third-order valence-corrected chi connectivity index (χ3v) is 4.94. The Balaban J connectivity index is 0.00000133. The van der Waals surface area contributed by atoms with Gasteiger partial charge in [0.15, 0.2) is 0 Å². The minimum Gasteiger partial charge on any atom is -0.354 e. The van der Waals surface area contributed by atoms with Gasteiger partial charge in [-0.2, -0.15) is 0 Å². The summed E-state index contributed by atoms with van der Waals surface area (Å²) in [6, 6.07) is 8.78. The molecule has 2 N–H and O–H groups in total. The minimum atomic E-state index is 0. The number of benzene rings is 1. The molecule has 2 atom stereocenters. The van der Waals surface area contributed by atoms with Gasteiger partial charge >= 0.3 is 0 Å². The van der Waals surface area contributed by atoms with E-state index in [0.29, 0.717) is 6.04 Å². The van der Waals surface area contributed by atoms with Crippen LogP contribution in [-0.2, 0) is 11.2 Å². The highest BCUT2D eigenvalue weighted by Crippen LogP contribution is 2.36. The highest BCUT2D eigenvalue weighted by molar-refractivity contribution is 8.01. The molecule has 0 radical (unpaired) electrons. The first-order valence-corrected chi connectivity index (χ1v) is 7.46. The molecular weight excluding hydrogens is 280 g/mol. The smallest absolute Gasteiger partial charge is 0.233 e. The molecule has 2 aliphatic heterocycles. The van der Waals surface area contributed by atoms with Gasteiger partial charge in [-0.05, 0) is 37.4 Å². The van der Waals surface area contributed by atoms with E-state index in [1.165, 1.54) is 23.3 Å². The van der Waals surface area contributed by atoms with E-state index in [0.717, 1.165) is 19.5 Å². The summed E-state index contributed by atoms with van der Waals surface area (Å²) in [4.78, 5) is 13.4. The lowest BCUT2D eigenvalue weighted by atomic mass is 10.1. The summed E-state index contributed by atoms with van der Waals surface area (Å²) in [6.07, 6.45) is 3.27. The maximum Gasteiger partial charge on any atom is 0.233 e. The molecular formula is C14H19ClN2OS. The van der Waals surface area contributed by atoms with E-state index in [4.69, 9.17) is 0 Å². The monoisotopic (exact) mass is 298 g/mol. The molecule has 3 rings (SSSR count). The van der Waals surface area contributed by atoms with E-state index >= 15 is 0 Å². The van der Waals surface area contributed by atoms with Gasteiger partial charge in [0.1, 0.15) is 0 Å². The van der Waals surface area contributed by atoms with E-state index in [9.17, 15) is 4.79 Å². The Bertz CT molecular complexity index is 424. The van der Waals surface area contributed by atoms with Crippen LogP contribution >= 0.6 is 24.2 Å². The first-order valence-electron chi connectivity index (χ1n) is 6.58. The van der Waals surface area contributed by atoms with Gasteiger partial charge in [-0.25, -0.2) is 0 Å². The van der Waals surface area contributed by atoms with Crippen LogP contribution in [0.1, 0.15) is 18.4 Å². The summed E-state index contributed by atoms with van der Waals surface area (Å²) in [5, 5.41) is 6.54. The Morgan fingerprint density at radius 2 is 2.26 bits per heavy atom. The maximum atomic E-state index is 12.1. The van der Waals surface area contributed by atoms with Gasteiger partial charge < -0.3 is 10.6 Å². The molecule has 0 aromatic heterocycles. The molecule has 1 aromatic rings. The van der Waals surface area contributed by atoms with E-state index in [1.807, 2.05) is 12.1 Å². The average molecular weight is 299 g/mol. The fourth-order valence-electron chi connectivity index (χ4n) is 2.60.